The normalized spacial score (nSPS) is 12.5. The Bertz CT molecular complexity index is 827. The van der Waals surface area contributed by atoms with Crippen LogP contribution in [-0.4, -0.2) is 17.6 Å². The van der Waals surface area contributed by atoms with Gasteiger partial charge in [0.05, 0.1) is 23.9 Å². The van der Waals surface area contributed by atoms with Crippen molar-refractivity contribution in [3.05, 3.63) is 47.2 Å². The van der Waals surface area contributed by atoms with Crippen LogP contribution >= 0.6 is 0 Å². The molecule has 0 fully saturated rings. The number of hydrogen-bond acceptors (Lipinski definition) is 2. The first-order chi connectivity index (χ1) is 12.4. The zero-order valence-electron chi connectivity index (χ0n) is 16.6. The first kappa shape index (κ1) is 21.1. The monoisotopic (exact) mass is 381 g/mol. The van der Waals surface area contributed by atoms with E-state index in [-0.39, 0.29) is 28.2 Å². The maximum absolute atomic E-state index is 13.7. The molecule has 0 aliphatic carbocycles. The minimum Gasteiger partial charge on any atom is -0.465 e. The van der Waals surface area contributed by atoms with E-state index >= 15 is 0 Å². The molecule has 1 heterocycles. The molecule has 0 amide bonds. The van der Waals surface area contributed by atoms with Crippen molar-refractivity contribution >= 4 is 5.97 Å². The summed E-state index contributed by atoms with van der Waals surface area (Å²) in [7, 11) is 1.23. The molecule has 0 radical (unpaired) electrons. The highest BCUT2D eigenvalue weighted by molar-refractivity contribution is 5.97. The molecule has 0 bridgehead atoms. The lowest BCUT2D eigenvalue weighted by Crippen LogP contribution is -2.20. The minimum atomic E-state index is -4.53. The van der Waals surface area contributed by atoms with Gasteiger partial charge in [0.15, 0.2) is 0 Å². The van der Waals surface area contributed by atoms with Gasteiger partial charge in [-0.15, -0.1) is 0 Å². The topological polar surface area (TPSA) is 31.2 Å². The highest BCUT2D eigenvalue weighted by Crippen LogP contribution is 2.41. The van der Waals surface area contributed by atoms with Crippen molar-refractivity contribution in [1.29, 1.82) is 0 Å². The Labute approximate surface area is 158 Å². The molecule has 0 spiro atoms. The summed E-state index contributed by atoms with van der Waals surface area (Å²) in [6.07, 6.45) is -4.53. The third-order valence-electron chi connectivity index (χ3n) is 4.31. The van der Waals surface area contributed by atoms with E-state index < -0.39 is 17.7 Å². The smallest absolute Gasteiger partial charge is 0.417 e. The highest BCUT2D eigenvalue weighted by Gasteiger charge is 2.36. The van der Waals surface area contributed by atoms with Crippen LogP contribution in [0.25, 0.3) is 11.3 Å². The molecule has 1 aromatic heterocycles. The number of aromatic nitrogens is 1. The number of carbonyl (C=O) groups excluding carboxylic acids is 1. The van der Waals surface area contributed by atoms with Crippen LogP contribution in [0.2, 0.25) is 0 Å². The van der Waals surface area contributed by atoms with Crippen LogP contribution in [0.1, 0.15) is 56.2 Å². The number of ether oxygens (including phenoxy) is 1. The van der Waals surface area contributed by atoms with Gasteiger partial charge in [-0.1, -0.05) is 52.8 Å². The molecule has 0 unspecified atom stereocenters. The van der Waals surface area contributed by atoms with Gasteiger partial charge in [0.2, 0.25) is 0 Å². The summed E-state index contributed by atoms with van der Waals surface area (Å²) in [6, 6.07) is 7.02. The fourth-order valence-electron chi connectivity index (χ4n) is 3.22. The van der Waals surface area contributed by atoms with Gasteiger partial charge < -0.3 is 9.30 Å². The van der Waals surface area contributed by atoms with E-state index in [1.807, 2.05) is 39.2 Å². The number of benzene rings is 1. The second-order valence-electron chi connectivity index (χ2n) is 8.08. The number of rotatable bonds is 4. The first-order valence-electron chi connectivity index (χ1n) is 8.86. The number of carbonyl (C=O) groups is 1. The molecule has 0 N–H and O–H groups in total. The van der Waals surface area contributed by atoms with Crippen molar-refractivity contribution in [2.75, 3.05) is 7.11 Å². The molecule has 0 aliphatic heterocycles. The molecule has 3 nitrogen and oxygen atoms in total. The lowest BCUT2D eigenvalue weighted by molar-refractivity contribution is -0.137. The molecule has 1 aromatic carbocycles. The van der Waals surface area contributed by atoms with Gasteiger partial charge in [0.25, 0.3) is 0 Å². The van der Waals surface area contributed by atoms with Gasteiger partial charge in [-0.3, -0.25) is 0 Å². The summed E-state index contributed by atoms with van der Waals surface area (Å²) in [6.45, 7) is 10.4. The van der Waals surface area contributed by atoms with Gasteiger partial charge in [-0.25, -0.2) is 4.79 Å². The summed E-state index contributed by atoms with van der Waals surface area (Å²) in [4.78, 5) is 12.4. The van der Waals surface area contributed by atoms with Crippen molar-refractivity contribution in [2.24, 2.45) is 5.92 Å². The molecule has 27 heavy (non-hydrogen) atoms. The Balaban J connectivity index is 2.93. The molecule has 6 heteroatoms. The summed E-state index contributed by atoms with van der Waals surface area (Å²) in [5.74, 6) is -0.462. The summed E-state index contributed by atoms with van der Waals surface area (Å²) >= 11 is 0. The molecule has 2 rings (SSSR count). The largest absolute Gasteiger partial charge is 0.465 e. The Hall–Kier alpha value is -2.24. The Morgan fingerprint density at radius 1 is 1.15 bits per heavy atom. The van der Waals surface area contributed by atoms with Crippen LogP contribution in [-0.2, 0) is 22.9 Å². The predicted octanol–water partition coefficient (Wildman–Crippen LogP) is 5.91. The summed E-state index contributed by atoms with van der Waals surface area (Å²) in [5.41, 5.74) is 0.0697. The summed E-state index contributed by atoms with van der Waals surface area (Å²) in [5, 5.41) is 0. The third-order valence-corrected chi connectivity index (χ3v) is 4.31. The zero-order chi connectivity index (χ0) is 20.6. The van der Waals surface area contributed by atoms with Crippen LogP contribution in [0.4, 0.5) is 13.2 Å². The van der Waals surface area contributed by atoms with E-state index in [0.29, 0.717) is 6.54 Å². The van der Waals surface area contributed by atoms with Crippen molar-refractivity contribution in [1.82, 2.24) is 4.57 Å². The third kappa shape index (κ3) is 4.37. The van der Waals surface area contributed by atoms with E-state index in [4.69, 9.17) is 4.74 Å². The Morgan fingerprint density at radius 2 is 1.74 bits per heavy atom. The van der Waals surface area contributed by atoms with E-state index in [2.05, 4.69) is 0 Å². The lowest BCUT2D eigenvalue weighted by Gasteiger charge is -2.25. The number of alkyl halides is 3. The average molecular weight is 381 g/mol. The maximum atomic E-state index is 13.7. The van der Waals surface area contributed by atoms with Gasteiger partial charge in [-0.2, -0.15) is 13.2 Å². The van der Waals surface area contributed by atoms with E-state index in [1.54, 1.807) is 12.1 Å². The lowest BCUT2D eigenvalue weighted by atomic mass is 9.91. The van der Waals surface area contributed by atoms with Crippen LogP contribution < -0.4 is 0 Å². The number of hydrogen-bond donors (Lipinski definition) is 0. The van der Waals surface area contributed by atoms with E-state index in [1.165, 1.54) is 19.2 Å². The van der Waals surface area contributed by atoms with Gasteiger partial charge in [0, 0.05) is 23.2 Å². The Kier molecular flexibility index (Phi) is 5.78. The second kappa shape index (κ2) is 7.41. The molecule has 0 atom stereocenters. The Morgan fingerprint density at radius 3 is 2.22 bits per heavy atom. The van der Waals surface area contributed by atoms with Crippen molar-refractivity contribution < 1.29 is 22.7 Å². The number of esters is 1. The number of nitrogens with zero attached hydrogens (tertiary/aromatic N) is 1. The van der Waals surface area contributed by atoms with Crippen molar-refractivity contribution in [2.45, 2.75) is 52.8 Å². The minimum absolute atomic E-state index is 0.0125. The van der Waals surface area contributed by atoms with E-state index in [0.717, 1.165) is 11.8 Å². The van der Waals surface area contributed by atoms with Crippen LogP contribution in [0.15, 0.2) is 30.3 Å². The molecular formula is C21H26F3NO2. The quantitative estimate of drug-likeness (QED) is 0.616. The van der Waals surface area contributed by atoms with Gasteiger partial charge >= 0.3 is 12.1 Å². The molecule has 0 aliphatic rings. The number of methoxy groups -OCH3 is 1. The van der Waals surface area contributed by atoms with Crippen molar-refractivity contribution in [3.8, 4) is 11.3 Å². The molecule has 0 saturated carbocycles. The molecule has 2 aromatic rings. The zero-order valence-corrected chi connectivity index (χ0v) is 16.6. The SMILES string of the molecule is COC(=O)c1cc(C(C)(C)C)n(CC(C)C)c1-c1ccccc1C(F)(F)F. The molecular weight excluding hydrogens is 355 g/mol. The predicted molar refractivity (Wildman–Crippen MR) is 99.7 cm³/mol. The highest BCUT2D eigenvalue weighted by atomic mass is 19.4. The van der Waals surface area contributed by atoms with Crippen molar-refractivity contribution in [3.63, 3.8) is 0 Å². The fraction of sp³-hybridized carbons (Fsp3) is 0.476. The summed E-state index contributed by atoms with van der Waals surface area (Å²) < 4.78 is 47.7. The standard InChI is InChI=1S/C21H26F3NO2/c1-13(2)12-25-17(20(3,4)5)11-15(19(26)27-6)18(25)14-9-7-8-10-16(14)21(22,23)24/h7-11,13H,12H2,1-6H3. The van der Waals surface area contributed by atoms with Gasteiger partial charge in [-0.05, 0) is 18.1 Å². The van der Waals surface area contributed by atoms with Gasteiger partial charge in [0.1, 0.15) is 0 Å². The van der Waals surface area contributed by atoms with E-state index in [9.17, 15) is 18.0 Å². The first-order valence-corrected chi connectivity index (χ1v) is 8.86. The van der Waals surface area contributed by atoms with Crippen LogP contribution in [0.5, 0.6) is 0 Å². The maximum Gasteiger partial charge on any atom is 0.417 e. The molecule has 148 valence electrons. The number of halogens is 3. The van der Waals surface area contributed by atoms with Crippen LogP contribution in [0.3, 0.4) is 0 Å². The fourth-order valence-corrected chi connectivity index (χ4v) is 3.22. The van der Waals surface area contributed by atoms with Crippen LogP contribution in [0, 0.1) is 5.92 Å². The molecule has 0 saturated heterocycles. The second-order valence-corrected chi connectivity index (χ2v) is 8.08. The average Bonchev–Trinajstić information content (AvgIpc) is 2.91.